The monoisotopic (exact) mass is 349 g/mol. The summed E-state index contributed by atoms with van der Waals surface area (Å²) in [5.74, 6) is -0.354. The molecule has 0 saturated carbocycles. The molecule has 1 aliphatic rings. The highest BCUT2D eigenvalue weighted by Crippen LogP contribution is 2.22. The number of rotatable bonds is 5. The highest BCUT2D eigenvalue weighted by Gasteiger charge is 2.18. The molecule has 3 rings (SSSR count). The molecule has 5 nitrogen and oxygen atoms in total. The maximum absolute atomic E-state index is 12.3. The molecule has 1 aromatic carbocycles. The zero-order valence-electron chi connectivity index (χ0n) is 15.2. The molecule has 2 aromatic rings. The summed E-state index contributed by atoms with van der Waals surface area (Å²) in [4.78, 5) is 12.3. The number of nitrogens with zero attached hydrogens (tertiary/aromatic N) is 2. The van der Waals surface area contributed by atoms with Crippen molar-refractivity contribution in [1.82, 2.24) is 9.88 Å². The van der Waals surface area contributed by atoms with Gasteiger partial charge in [-0.25, -0.2) is 0 Å². The summed E-state index contributed by atoms with van der Waals surface area (Å²) in [6.45, 7) is 5.19. The van der Waals surface area contributed by atoms with Gasteiger partial charge in [0.1, 0.15) is 11.6 Å². The number of ether oxygens (including phenoxy) is 1. The van der Waals surface area contributed by atoms with Crippen molar-refractivity contribution < 1.29 is 9.53 Å². The average molecular weight is 349 g/mol. The van der Waals surface area contributed by atoms with E-state index in [0.29, 0.717) is 6.54 Å². The highest BCUT2D eigenvalue weighted by atomic mass is 16.5. The van der Waals surface area contributed by atoms with Crippen LogP contribution in [-0.4, -0.2) is 29.7 Å². The molecule has 0 radical (unpaired) electrons. The van der Waals surface area contributed by atoms with Crippen LogP contribution >= 0.6 is 0 Å². The number of nitriles is 1. The largest absolute Gasteiger partial charge is 0.376 e. The molecule has 1 N–H and O–H groups in total. The Morgan fingerprint density at radius 1 is 1.38 bits per heavy atom. The van der Waals surface area contributed by atoms with E-state index in [4.69, 9.17) is 4.74 Å². The third kappa shape index (κ3) is 3.87. The first-order chi connectivity index (χ1) is 12.6. The molecule has 134 valence electrons. The molecule has 2 heterocycles. The molecule has 5 heteroatoms. The smallest absolute Gasteiger partial charge is 0.262 e. The van der Waals surface area contributed by atoms with Gasteiger partial charge in [-0.3, -0.25) is 4.79 Å². The fourth-order valence-electron chi connectivity index (χ4n) is 3.32. The SMILES string of the molecule is Cc1cc(/C=C(\C#N)C(=O)NC[C@@H]2CCCO2)c(C)n1-c1ccccc1. The Labute approximate surface area is 153 Å². The van der Waals surface area contributed by atoms with Crippen molar-refractivity contribution in [2.75, 3.05) is 13.2 Å². The summed E-state index contributed by atoms with van der Waals surface area (Å²) >= 11 is 0. The van der Waals surface area contributed by atoms with Gasteiger partial charge in [0.05, 0.1) is 6.10 Å². The van der Waals surface area contributed by atoms with Crippen LogP contribution < -0.4 is 5.32 Å². The Morgan fingerprint density at radius 2 is 2.15 bits per heavy atom. The maximum Gasteiger partial charge on any atom is 0.262 e. The van der Waals surface area contributed by atoms with Gasteiger partial charge in [0.2, 0.25) is 0 Å². The quantitative estimate of drug-likeness (QED) is 0.665. The van der Waals surface area contributed by atoms with Gasteiger partial charge in [0.15, 0.2) is 0 Å². The number of amides is 1. The molecule has 0 spiro atoms. The van der Waals surface area contributed by atoms with Crippen LogP contribution in [0.5, 0.6) is 0 Å². The molecule has 1 aromatic heterocycles. The first-order valence-electron chi connectivity index (χ1n) is 8.86. The fourth-order valence-corrected chi connectivity index (χ4v) is 3.32. The van der Waals surface area contributed by atoms with Gasteiger partial charge in [0, 0.05) is 30.2 Å². The third-order valence-electron chi connectivity index (χ3n) is 4.66. The molecule has 1 amide bonds. The lowest BCUT2D eigenvalue weighted by molar-refractivity contribution is -0.117. The molecule has 1 saturated heterocycles. The molecular weight excluding hydrogens is 326 g/mol. The van der Waals surface area contributed by atoms with E-state index in [1.807, 2.05) is 56.3 Å². The summed E-state index contributed by atoms with van der Waals surface area (Å²) in [5, 5.41) is 12.2. The van der Waals surface area contributed by atoms with Gasteiger partial charge in [-0.05, 0) is 56.5 Å². The second-order valence-corrected chi connectivity index (χ2v) is 6.51. The van der Waals surface area contributed by atoms with E-state index < -0.39 is 0 Å². The Hall–Kier alpha value is -2.84. The minimum Gasteiger partial charge on any atom is -0.376 e. The number of para-hydroxylation sites is 1. The topological polar surface area (TPSA) is 67.1 Å². The van der Waals surface area contributed by atoms with Crippen molar-refractivity contribution in [3.63, 3.8) is 0 Å². The van der Waals surface area contributed by atoms with Gasteiger partial charge in [-0.15, -0.1) is 0 Å². The second kappa shape index (κ2) is 8.03. The van der Waals surface area contributed by atoms with Gasteiger partial charge in [-0.1, -0.05) is 18.2 Å². The van der Waals surface area contributed by atoms with Crippen LogP contribution in [0, 0.1) is 25.2 Å². The van der Waals surface area contributed by atoms with E-state index in [2.05, 4.69) is 9.88 Å². The maximum atomic E-state index is 12.3. The highest BCUT2D eigenvalue weighted by molar-refractivity contribution is 6.01. The normalized spacial score (nSPS) is 17.1. The van der Waals surface area contributed by atoms with E-state index in [1.54, 1.807) is 6.08 Å². The summed E-state index contributed by atoms with van der Waals surface area (Å²) in [5.41, 5.74) is 4.08. The standard InChI is InChI=1S/C21H23N3O2/c1-15-11-17(16(2)24(15)19-7-4-3-5-8-19)12-18(13-22)21(25)23-14-20-9-6-10-26-20/h3-5,7-8,11-12,20H,6,9-10,14H2,1-2H3,(H,23,25)/b18-12+/t20-/m0/s1. The number of aryl methyl sites for hydroxylation is 1. The number of aromatic nitrogens is 1. The Kier molecular flexibility index (Phi) is 5.55. The first kappa shape index (κ1) is 18.0. The van der Waals surface area contributed by atoms with Crippen LogP contribution in [0.3, 0.4) is 0 Å². The molecular formula is C21H23N3O2. The van der Waals surface area contributed by atoms with E-state index in [-0.39, 0.29) is 17.6 Å². The van der Waals surface area contributed by atoms with E-state index in [9.17, 15) is 10.1 Å². The van der Waals surface area contributed by atoms with Gasteiger partial charge >= 0.3 is 0 Å². The molecule has 1 fully saturated rings. The third-order valence-corrected chi connectivity index (χ3v) is 4.66. The van der Waals surface area contributed by atoms with Crippen LogP contribution in [0.2, 0.25) is 0 Å². The summed E-state index contributed by atoms with van der Waals surface area (Å²) in [7, 11) is 0. The van der Waals surface area contributed by atoms with E-state index >= 15 is 0 Å². The van der Waals surface area contributed by atoms with Crippen molar-refractivity contribution in [3.8, 4) is 11.8 Å². The van der Waals surface area contributed by atoms with Crippen molar-refractivity contribution in [3.05, 3.63) is 58.9 Å². The second-order valence-electron chi connectivity index (χ2n) is 6.51. The molecule has 1 atom stereocenters. The van der Waals surface area contributed by atoms with E-state index in [1.165, 1.54) is 0 Å². The first-order valence-corrected chi connectivity index (χ1v) is 8.86. The van der Waals surface area contributed by atoms with Crippen molar-refractivity contribution in [2.24, 2.45) is 0 Å². The Balaban J connectivity index is 1.81. The van der Waals surface area contributed by atoms with Crippen LogP contribution in [0.4, 0.5) is 0 Å². The Morgan fingerprint density at radius 3 is 2.81 bits per heavy atom. The Bertz CT molecular complexity index is 853. The molecule has 1 aliphatic heterocycles. The molecule has 0 aliphatic carbocycles. The number of carbonyl (C=O) groups excluding carboxylic acids is 1. The lowest BCUT2D eigenvalue weighted by Crippen LogP contribution is -2.32. The van der Waals surface area contributed by atoms with Crippen LogP contribution in [0.1, 0.15) is 29.8 Å². The zero-order chi connectivity index (χ0) is 18.5. The molecule has 26 heavy (non-hydrogen) atoms. The zero-order valence-corrected chi connectivity index (χ0v) is 15.2. The van der Waals surface area contributed by atoms with Crippen LogP contribution in [-0.2, 0) is 9.53 Å². The number of hydrogen-bond donors (Lipinski definition) is 1. The van der Waals surface area contributed by atoms with Gasteiger partial charge in [0.25, 0.3) is 5.91 Å². The molecule has 0 bridgehead atoms. The van der Waals surface area contributed by atoms with Crippen molar-refractivity contribution >= 4 is 12.0 Å². The number of benzene rings is 1. The molecule has 0 unspecified atom stereocenters. The lowest BCUT2D eigenvalue weighted by atomic mass is 10.1. The number of carbonyl (C=O) groups is 1. The summed E-state index contributed by atoms with van der Waals surface area (Å²) in [6, 6.07) is 14.0. The predicted octanol–water partition coefficient (Wildman–Crippen LogP) is 3.30. The summed E-state index contributed by atoms with van der Waals surface area (Å²) < 4.78 is 7.62. The van der Waals surface area contributed by atoms with Gasteiger partial charge < -0.3 is 14.6 Å². The average Bonchev–Trinajstić information content (AvgIpc) is 3.26. The minimum atomic E-state index is -0.354. The summed E-state index contributed by atoms with van der Waals surface area (Å²) in [6.07, 6.45) is 3.69. The van der Waals surface area contributed by atoms with Gasteiger partial charge in [-0.2, -0.15) is 5.26 Å². The van der Waals surface area contributed by atoms with Crippen molar-refractivity contribution in [1.29, 1.82) is 5.26 Å². The van der Waals surface area contributed by atoms with Crippen LogP contribution in [0.25, 0.3) is 11.8 Å². The predicted molar refractivity (Wildman–Crippen MR) is 101 cm³/mol. The van der Waals surface area contributed by atoms with Crippen LogP contribution in [0.15, 0.2) is 42.0 Å². The minimum absolute atomic E-state index is 0.0574. The number of nitrogens with one attached hydrogen (secondary N) is 1. The lowest BCUT2D eigenvalue weighted by Gasteiger charge is -2.10. The fraction of sp³-hybridized carbons (Fsp3) is 0.333. The van der Waals surface area contributed by atoms with E-state index in [0.717, 1.165) is 42.1 Å². The number of hydrogen-bond acceptors (Lipinski definition) is 3. The van der Waals surface area contributed by atoms with Crippen molar-refractivity contribution in [2.45, 2.75) is 32.8 Å².